The largest absolute Gasteiger partial charge is 0.317 e. The highest BCUT2D eigenvalue weighted by Crippen LogP contribution is 2.47. The Hall–Kier alpha value is -0.810. The summed E-state index contributed by atoms with van der Waals surface area (Å²) < 4.78 is 0. The van der Waals surface area contributed by atoms with Gasteiger partial charge in [0.2, 0.25) is 0 Å². The number of carbonyl (C=O) groups is 1. The number of carbonyl (C=O) groups excluding carboxylic acids is 1. The Labute approximate surface area is 197 Å². The molecule has 2 fully saturated rings. The molecule has 2 heterocycles. The van der Waals surface area contributed by atoms with Crippen molar-refractivity contribution in [2.24, 2.45) is 0 Å². The summed E-state index contributed by atoms with van der Waals surface area (Å²) in [6.07, 6.45) is 2.89. The van der Waals surface area contributed by atoms with Crippen molar-refractivity contribution in [2.45, 2.75) is 36.5 Å². The summed E-state index contributed by atoms with van der Waals surface area (Å²) in [5.74, 6) is 0.245. The Bertz CT molecular complexity index is 875. The van der Waals surface area contributed by atoms with Crippen molar-refractivity contribution in [1.29, 1.82) is 0 Å². The maximum atomic E-state index is 14.6. The van der Waals surface area contributed by atoms with Gasteiger partial charge in [-0.3, -0.25) is 4.79 Å². The van der Waals surface area contributed by atoms with Gasteiger partial charge in [-0.2, -0.15) is 0 Å². The normalized spacial score (nSPS) is 20.7. The van der Waals surface area contributed by atoms with Crippen molar-refractivity contribution < 1.29 is 4.79 Å². The zero-order valence-electron chi connectivity index (χ0n) is 16.5. The Kier molecular flexibility index (Phi) is 6.70. The first-order valence-electron chi connectivity index (χ1n) is 10.3. The number of piperidine rings is 2. The molecule has 2 aromatic rings. The number of nitrogens with one attached hydrogen (secondary N) is 2. The third-order valence-electron chi connectivity index (χ3n) is 6.73. The predicted molar refractivity (Wildman–Crippen MR) is 125 cm³/mol. The van der Waals surface area contributed by atoms with Crippen LogP contribution in [0.5, 0.6) is 0 Å². The monoisotopic (exact) mass is 484 g/mol. The van der Waals surface area contributed by atoms with Gasteiger partial charge >= 0.3 is 0 Å². The van der Waals surface area contributed by atoms with Crippen LogP contribution in [0.15, 0.2) is 36.4 Å². The molecule has 2 aliphatic rings. The van der Waals surface area contributed by atoms with Crippen LogP contribution in [0.25, 0.3) is 0 Å². The van der Waals surface area contributed by atoms with Crippen LogP contribution in [0.4, 0.5) is 0 Å². The molecule has 4 rings (SSSR count). The maximum absolute atomic E-state index is 14.6. The Morgan fingerprint density at radius 3 is 1.33 bits per heavy atom. The molecule has 0 spiro atoms. The standard InChI is InChI=1S/C23H24Cl4N2O/c24-17-3-1-15(13-19(17)26)22(5-9-28-10-6-22)21(30)23(7-11-29-12-8-23)16-2-4-18(25)20(27)14-16/h1-4,13-14,28-29H,5-12H2. The molecule has 2 aromatic carbocycles. The lowest BCUT2D eigenvalue weighted by Crippen LogP contribution is -2.56. The van der Waals surface area contributed by atoms with E-state index < -0.39 is 10.8 Å². The van der Waals surface area contributed by atoms with Gasteiger partial charge in [-0.15, -0.1) is 0 Å². The second-order valence-electron chi connectivity index (χ2n) is 8.25. The van der Waals surface area contributed by atoms with Crippen molar-refractivity contribution in [3.63, 3.8) is 0 Å². The van der Waals surface area contributed by atoms with Crippen LogP contribution in [0.2, 0.25) is 20.1 Å². The number of hydrogen-bond acceptors (Lipinski definition) is 3. The average molecular weight is 486 g/mol. The van der Waals surface area contributed by atoms with Gasteiger partial charge in [0.15, 0.2) is 5.78 Å². The van der Waals surface area contributed by atoms with E-state index >= 15 is 0 Å². The molecular formula is C23H24Cl4N2O. The summed E-state index contributed by atoms with van der Waals surface area (Å²) in [6.45, 7) is 3.12. The smallest absolute Gasteiger partial charge is 0.154 e. The lowest BCUT2D eigenvalue weighted by Gasteiger charge is -2.46. The topological polar surface area (TPSA) is 41.1 Å². The van der Waals surface area contributed by atoms with E-state index in [4.69, 9.17) is 46.4 Å². The number of halogens is 4. The van der Waals surface area contributed by atoms with E-state index in [0.717, 1.165) is 63.0 Å². The second-order valence-corrected chi connectivity index (χ2v) is 9.88. The lowest BCUT2D eigenvalue weighted by molar-refractivity contribution is -0.132. The van der Waals surface area contributed by atoms with E-state index in [1.807, 2.05) is 24.3 Å². The molecule has 7 heteroatoms. The van der Waals surface area contributed by atoms with Gasteiger partial charge in [0.1, 0.15) is 0 Å². The van der Waals surface area contributed by atoms with E-state index in [1.165, 1.54) is 0 Å². The Morgan fingerprint density at radius 1 is 0.633 bits per heavy atom. The van der Waals surface area contributed by atoms with Crippen LogP contribution in [-0.4, -0.2) is 32.0 Å². The molecule has 2 N–H and O–H groups in total. The molecule has 0 bridgehead atoms. The predicted octanol–water partition coefficient (Wildman–Crippen LogP) is 5.81. The van der Waals surface area contributed by atoms with Crippen molar-refractivity contribution >= 4 is 52.2 Å². The molecule has 2 saturated heterocycles. The molecule has 0 aliphatic carbocycles. The number of Topliss-reactive ketones (excluding diaryl/α,β-unsaturated/α-hetero) is 1. The molecule has 0 atom stereocenters. The molecule has 0 amide bonds. The van der Waals surface area contributed by atoms with Crippen LogP contribution < -0.4 is 10.6 Å². The van der Waals surface area contributed by atoms with E-state index in [-0.39, 0.29) is 5.78 Å². The quantitative estimate of drug-likeness (QED) is 0.573. The first kappa shape index (κ1) is 22.4. The van der Waals surface area contributed by atoms with E-state index in [0.29, 0.717) is 20.1 Å². The van der Waals surface area contributed by atoms with Crippen LogP contribution >= 0.6 is 46.4 Å². The maximum Gasteiger partial charge on any atom is 0.154 e. The average Bonchev–Trinajstić information content (AvgIpc) is 2.78. The van der Waals surface area contributed by atoms with Crippen LogP contribution in [-0.2, 0) is 15.6 Å². The van der Waals surface area contributed by atoms with Gasteiger partial charge in [0.25, 0.3) is 0 Å². The number of ketones is 1. The van der Waals surface area contributed by atoms with Crippen molar-refractivity contribution in [3.8, 4) is 0 Å². The van der Waals surface area contributed by atoms with E-state index in [1.54, 1.807) is 12.1 Å². The van der Waals surface area contributed by atoms with Crippen LogP contribution in [0.1, 0.15) is 36.8 Å². The summed E-state index contributed by atoms with van der Waals surface area (Å²) in [4.78, 5) is 14.6. The van der Waals surface area contributed by atoms with Gasteiger partial charge in [0.05, 0.1) is 30.9 Å². The first-order chi connectivity index (χ1) is 14.4. The number of hydrogen-bond donors (Lipinski definition) is 2. The SMILES string of the molecule is O=C(C1(c2ccc(Cl)c(Cl)c2)CCNCC1)C1(c2ccc(Cl)c(Cl)c2)CCNCC1. The number of rotatable bonds is 4. The Balaban J connectivity index is 1.86. The first-order valence-corrected chi connectivity index (χ1v) is 11.8. The minimum absolute atomic E-state index is 0.245. The molecular weight excluding hydrogens is 462 g/mol. The minimum atomic E-state index is -0.622. The van der Waals surface area contributed by atoms with Crippen molar-refractivity contribution in [2.75, 3.05) is 26.2 Å². The highest BCUT2D eigenvalue weighted by molar-refractivity contribution is 6.42. The van der Waals surface area contributed by atoms with Gasteiger partial charge in [-0.1, -0.05) is 58.5 Å². The summed E-state index contributed by atoms with van der Waals surface area (Å²) in [5, 5.41) is 8.76. The van der Waals surface area contributed by atoms with Crippen molar-refractivity contribution in [3.05, 3.63) is 67.6 Å². The summed E-state index contributed by atoms with van der Waals surface area (Å²) in [5.41, 5.74) is 0.647. The summed E-state index contributed by atoms with van der Waals surface area (Å²) in [7, 11) is 0. The fourth-order valence-electron chi connectivity index (χ4n) is 5.05. The highest BCUT2D eigenvalue weighted by Gasteiger charge is 2.52. The molecule has 3 nitrogen and oxygen atoms in total. The summed E-state index contributed by atoms with van der Waals surface area (Å²) >= 11 is 25.1. The van der Waals surface area contributed by atoms with Crippen LogP contribution in [0.3, 0.4) is 0 Å². The molecule has 0 unspecified atom stereocenters. The zero-order valence-corrected chi connectivity index (χ0v) is 19.6. The third-order valence-corrected chi connectivity index (χ3v) is 8.21. The van der Waals surface area contributed by atoms with Gasteiger partial charge < -0.3 is 10.6 Å². The van der Waals surface area contributed by atoms with Gasteiger partial charge in [0, 0.05) is 0 Å². The van der Waals surface area contributed by atoms with Crippen molar-refractivity contribution in [1.82, 2.24) is 10.6 Å². The van der Waals surface area contributed by atoms with Gasteiger partial charge in [-0.05, 0) is 87.3 Å². The molecule has 0 saturated carbocycles. The molecule has 30 heavy (non-hydrogen) atoms. The molecule has 0 radical (unpaired) electrons. The second kappa shape index (κ2) is 8.97. The van der Waals surface area contributed by atoms with E-state index in [9.17, 15) is 4.79 Å². The highest BCUT2D eigenvalue weighted by atomic mass is 35.5. The van der Waals surface area contributed by atoms with E-state index in [2.05, 4.69) is 10.6 Å². The zero-order chi connectivity index (χ0) is 21.4. The fourth-order valence-corrected chi connectivity index (χ4v) is 5.64. The molecule has 2 aliphatic heterocycles. The minimum Gasteiger partial charge on any atom is -0.317 e. The Morgan fingerprint density at radius 2 is 1.00 bits per heavy atom. The van der Waals surface area contributed by atoms with Gasteiger partial charge in [-0.25, -0.2) is 0 Å². The fraction of sp³-hybridized carbons (Fsp3) is 0.435. The third kappa shape index (κ3) is 3.90. The molecule has 160 valence electrons. The molecule has 0 aromatic heterocycles. The lowest BCUT2D eigenvalue weighted by atomic mass is 9.57. The number of benzene rings is 2. The van der Waals surface area contributed by atoms with Crippen LogP contribution in [0, 0.1) is 0 Å². The summed E-state index contributed by atoms with van der Waals surface area (Å²) in [6, 6.07) is 11.3.